The standard InChI is InChI=1S/C27H41NO9/c1-6-9-10-15-33-27(32)35-19(5)18(4)34-26(31)21(28)16-20-13-14-22(36-24(29)11-7-2)23(17-20)37-25(30)12-8-3/h13-14,17-19,21H,6-12,15-16,28H2,1-5H3/t18-,19-,21-/m0/s1. The minimum absolute atomic E-state index is 0.0712. The molecular weight excluding hydrogens is 482 g/mol. The maximum Gasteiger partial charge on any atom is 0.508 e. The summed E-state index contributed by atoms with van der Waals surface area (Å²) in [5, 5.41) is 0. The molecule has 0 bridgehead atoms. The zero-order valence-electron chi connectivity index (χ0n) is 22.6. The van der Waals surface area contributed by atoms with Gasteiger partial charge in [0.1, 0.15) is 18.2 Å². The smallest absolute Gasteiger partial charge is 0.458 e. The number of hydrogen-bond donors (Lipinski definition) is 1. The van der Waals surface area contributed by atoms with Gasteiger partial charge in [0.25, 0.3) is 0 Å². The Morgan fingerprint density at radius 2 is 1.41 bits per heavy atom. The second kappa shape index (κ2) is 17.3. The minimum atomic E-state index is -1.04. The molecule has 1 aromatic carbocycles. The summed E-state index contributed by atoms with van der Waals surface area (Å²) >= 11 is 0. The van der Waals surface area contributed by atoms with Gasteiger partial charge in [-0.25, -0.2) is 4.79 Å². The molecule has 3 atom stereocenters. The molecule has 10 nitrogen and oxygen atoms in total. The van der Waals surface area contributed by atoms with Gasteiger partial charge in [0.05, 0.1) is 6.61 Å². The average molecular weight is 524 g/mol. The molecule has 0 unspecified atom stereocenters. The number of carbonyl (C=O) groups is 4. The third kappa shape index (κ3) is 12.6. The van der Waals surface area contributed by atoms with Gasteiger partial charge in [-0.1, -0.05) is 39.7 Å². The zero-order chi connectivity index (χ0) is 27.8. The van der Waals surface area contributed by atoms with Crippen molar-refractivity contribution in [1.29, 1.82) is 0 Å². The van der Waals surface area contributed by atoms with Gasteiger partial charge < -0.3 is 29.4 Å². The maximum absolute atomic E-state index is 12.6. The van der Waals surface area contributed by atoms with Gasteiger partial charge in [0, 0.05) is 12.8 Å². The lowest BCUT2D eigenvalue weighted by molar-refractivity contribution is -0.155. The van der Waals surface area contributed by atoms with Crippen LogP contribution in [0.5, 0.6) is 11.5 Å². The number of rotatable bonds is 16. The van der Waals surface area contributed by atoms with Crippen LogP contribution in [0.1, 0.15) is 85.1 Å². The van der Waals surface area contributed by atoms with Crippen LogP contribution in [0.4, 0.5) is 4.79 Å². The number of ether oxygens (including phenoxy) is 5. The Labute approximate surface area is 219 Å². The van der Waals surface area contributed by atoms with Gasteiger partial charge in [-0.15, -0.1) is 0 Å². The Morgan fingerprint density at radius 1 is 0.811 bits per heavy atom. The van der Waals surface area contributed by atoms with Crippen molar-refractivity contribution in [1.82, 2.24) is 0 Å². The van der Waals surface area contributed by atoms with Crippen LogP contribution in [0.15, 0.2) is 18.2 Å². The molecule has 0 spiro atoms. The Hall–Kier alpha value is -3.14. The lowest BCUT2D eigenvalue weighted by Gasteiger charge is -2.22. The molecule has 1 aromatic rings. The lowest BCUT2D eigenvalue weighted by atomic mass is 10.1. The number of hydrogen-bond acceptors (Lipinski definition) is 10. The number of esters is 3. The lowest BCUT2D eigenvalue weighted by Crippen LogP contribution is -2.39. The first-order chi connectivity index (χ1) is 17.6. The Morgan fingerprint density at radius 3 is 2.00 bits per heavy atom. The van der Waals surface area contributed by atoms with Crippen molar-refractivity contribution in [3.05, 3.63) is 23.8 Å². The quantitative estimate of drug-likeness (QED) is 0.185. The van der Waals surface area contributed by atoms with E-state index in [0.717, 1.165) is 19.3 Å². The van der Waals surface area contributed by atoms with E-state index in [2.05, 4.69) is 0 Å². The first kappa shape index (κ1) is 31.9. The number of nitrogens with two attached hydrogens (primary N) is 1. The molecule has 2 N–H and O–H groups in total. The first-order valence-electron chi connectivity index (χ1n) is 12.9. The van der Waals surface area contributed by atoms with Crippen LogP contribution in [0.3, 0.4) is 0 Å². The highest BCUT2D eigenvalue weighted by molar-refractivity contribution is 5.77. The fraction of sp³-hybridized carbons (Fsp3) is 0.630. The SMILES string of the molecule is CCCCCOC(=O)O[C@@H](C)[C@H](C)OC(=O)[C@@H](N)Cc1ccc(OC(=O)CCC)c(OC(=O)CCC)c1. The summed E-state index contributed by atoms with van der Waals surface area (Å²) in [6, 6.07) is 3.60. The van der Waals surface area contributed by atoms with Crippen LogP contribution >= 0.6 is 0 Å². The van der Waals surface area contributed by atoms with E-state index in [-0.39, 0.29) is 37.4 Å². The van der Waals surface area contributed by atoms with Crippen LogP contribution in [0, 0.1) is 0 Å². The predicted octanol–water partition coefficient (Wildman–Crippen LogP) is 4.63. The highest BCUT2D eigenvalue weighted by atomic mass is 16.7. The summed E-state index contributed by atoms with van der Waals surface area (Å²) in [6.07, 6.45) is 2.08. The van der Waals surface area contributed by atoms with E-state index in [1.54, 1.807) is 19.9 Å². The summed E-state index contributed by atoms with van der Waals surface area (Å²) < 4.78 is 26.2. The number of carbonyl (C=O) groups excluding carboxylic acids is 4. The predicted molar refractivity (Wildman–Crippen MR) is 136 cm³/mol. The second-order valence-electron chi connectivity index (χ2n) is 8.81. The van der Waals surface area contributed by atoms with E-state index < -0.39 is 42.3 Å². The fourth-order valence-corrected chi connectivity index (χ4v) is 3.09. The van der Waals surface area contributed by atoms with Crippen molar-refractivity contribution in [3.8, 4) is 11.5 Å². The van der Waals surface area contributed by atoms with Crippen LogP contribution in [0.25, 0.3) is 0 Å². The topological polar surface area (TPSA) is 140 Å². The average Bonchev–Trinajstić information content (AvgIpc) is 2.83. The molecule has 0 aliphatic carbocycles. The molecular formula is C27H41NO9. The minimum Gasteiger partial charge on any atom is -0.458 e. The molecule has 37 heavy (non-hydrogen) atoms. The Balaban J connectivity index is 2.76. The molecule has 0 heterocycles. The molecule has 0 saturated carbocycles. The molecule has 0 fully saturated rings. The van der Waals surface area contributed by atoms with E-state index in [9.17, 15) is 19.2 Å². The number of unbranched alkanes of at least 4 members (excludes halogenated alkanes) is 2. The first-order valence-corrected chi connectivity index (χ1v) is 12.9. The fourth-order valence-electron chi connectivity index (χ4n) is 3.09. The Kier molecular flexibility index (Phi) is 14.9. The van der Waals surface area contributed by atoms with Crippen molar-refractivity contribution in [2.45, 2.75) is 104 Å². The monoisotopic (exact) mass is 523 g/mol. The van der Waals surface area contributed by atoms with Crippen LogP contribution in [-0.2, 0) is 35.0 Å². The van der Waals surface area contributed by atoms with E-state index in [1.807, 2.05) is 20.8 Å². The van der Waals surface area contributed by atoms with E-state index in [1.165, 1.54) is 12.1 Å². The third-order valence-electron chi connectivity index (χ3n) is 5.34. The normalized spacial score (nSPS) is 13.1. The van der Waals surface area contributed by atoms with Crippen LogP contribution < -0.4 is 15.2 Å². The molecule has 0 saturated heterocycles. The van der Waals surface area contributed by atoms with Crippen molar-refractivity contribution < 1.29 is 42.9 Å². The molecule has 0 radical (unpaired) electrons. The molecule has 0 aliphatic rings. The molecule has 0 aromatic heterocycles. The van der Waals surface area contributed by atoms with E-state index in [0.29, 0.717) is 18.4 Å². The van der Waals surface area contributed by atoms with Gasteiger partial charge in [-0.3, -0.25) is 14.4 Å². The highest BCUT2D eigenvalue weighted by Crippen LogP contribution is 2.30. The molecule has 0 amide bonds. The third-order valence-corrected chi connectivity index (χ3v) is 5.34. The second-order valence-corrected chi connectivity index (χ2v) is 8.81. The summed E-state index contributed by atoms with van der Waals surface area (Å²) in [5.74, 6) is -1.42. The van der Waals surface area contributed by atoms with Gasteiger partial charge in [-0.05, 0) is 57.2 Å². The largest absolute Gasteiger partial charge is 0.508 e. The molecule has 208 valence electrons. The van der Waals surface area contributed by atoms with Crippen LogP contribution in [0.2, 0.25) is 0 Å². The van der Waals surface area contributed by atoms with Gasteiger partial charge in [0.15, 0.2) is 11.5 Å². The van der Waals surface area contributed by atoms with Crippen molar-refractivity contribution in [2.75, 3.05) is 6.61 Å². The highest BCUT2D eigenvalue weighted by Gasteiger charge is 2.25. The van der Waals surface area contributed by atoms with Gasteiger partial charge >= 0.3 is 24.1 Å². The van der Waals surface area contributed by atoms with Gasteiger partial charge in [-0.2, -0.15) is 0 Å². The van der Waals surface area contributed by atoms with Crippen molar-refractivity contribution >= 4 is 24.1 Å². The Bertz CT molecular complexity index is 887. The summed E-state index contributed by atoms with van der Waals surface area (Å²) in [6.45, 7) is 9.18. The maximum atomic E-state index is 12.6. The molecule has 10 heteroatoms. The number of benzene rings is 1. The summed E-state index contributed by atoms with van der Waals surface area (Å²) in [4.78, 5) is 48.3. The van der Waals surface area contributed by atoms with E-state index >= 15 is 0 Å². The molecule has 0 aliphatic heterocycles. The van der Waals surface area contributed by atoms with Crippen molar-refractivity contribution in [3.63, 3.8) is 0 Å². The van der Waals surface area contributed by atoms with E-state index in [4.69, 9.17) is 29.4 Å². The summed E-state index contributed by atoms with van der Waals surface area (Å²) in [7, 11) is 0. The van der Waals surface area contributed by atoms with Gasteiger partial charge in [0.2, 0.25) is 0 Å². The zero-order valence-corrected chi connectivity index (χ0v) is 22.6. The van der Waals surface area contributed by atoms with Crippen molar-refractivity contribution in [2.24, 2.45) is 5.73 Å². The van der Waals surface area contributed by atoms with Crippen LogP contribution in [-0.4, -0.2) is 48.9 Å². The summed E-state index contributed by atoms with van der Waals surface area (Å²) in [5.41, 5.74) is 6.63. The molecule has 1 rings (SSSR count).